The number of rotatable bonds is 3. The Morgan fingerprint density at radius 3 is 2.18 bits per heavy atom. The summed E-state index contributed by atoms with van der Waals surface area (Å²) >= 11 is 7.36. The van der Waals surface area contributed by atoms with E-state index in [0.717, 1.165) is 28.3 Å². The largest absolute Gasteiger partial charge is 0.255 e. The van der Waals surface area contributed by atoms with Gasteiger partial charge < -0.3 is 0 Å². The SMILES string of the molecule is CSC1=C(SC)SC(=C2c3cccnc3-c3nc(-c4ccccn4)ccc32)S1. The number of aromatic nitrogens is 3. The highest BCUT2D eigenvalue weighted by Crippen LogP contribution is 2.60. The van der Waals surface area contributed by atoms with E-state index in [1.807, 2.05) is 77.5 Å². The minimum absolute atomic E-state index is 0.877. The van der Waals surface area contributed by atoms with Crippen LogP contribution in [0.1, 0.15) is 11.1 Å². The molecule has 1 aliphatic heterocycles. The van der Waals surface area contributed by atoms with Crippen LogP contribution in [0.4, 0.5) is 0 Å². The smallest absolute Gasteiger partial charge is 0.0979 e. The number of thioether (sulfide) groups is 4. The normalized spacial score (nSPS) is 15.2. The van der Waals surface area contributed by atoms with Crippen molar-refractivity contribution in [2.75, 3.05) is 12.5 Å². The van der Waals surface area contributed by atoms with Crippen LogP contribution in [0.2, 0.25) is 0 Å². The van der Waals surface area contributed by atoms with Gasteiger partial charge in [0.15, 0.2) is 0 Å². The van der Waals surface area contributed by atoms with Gasteiger partial charge in [-0.3, -0.25) is 9.97 Å². The van der Waals surface area contributed by atoms with Crippen molar-refractivity contribution in [1.82, 2.24) is 15.0 Å². The summed E-state index contributed by atoms with van der Waals surface area (Å²) in [6.07, 6.45) is 7.94. The van der Waals surface area contributed by atoms with Crippen molar-refractivity contribution in [1.29, 1.82) is 0 Å². The van der Waals surface area contributed by atoms with Gasteiger partial charge in [-0.2, -0.15) is 0 Å². The highest BCUT2D eigenvalue weighted by atomic mass is 32.3. The molecule has 0 atom stereocenters. The van der Waals surface area contributed by atoms with E-state index in [0.29, 0.717) is 0 Å². The molecule has 2 aliphatic rings. The molecule has 0 radical (unpaired) electrons. The fourth-order valence-electron chi connectivity index (χ4n) is 3.28. The second kappa shape index (κ2) is 7.63. The lowest BCUT2D eigenvalue weighted by Gasteiger charge is -2.07. The van der Waals surface area contributed by atoms with Gasteiger partial charge in [-0.05, 0) is 42.8 Å². The molecule has 138 valence electrons. The molecule has 0 amide bonds. The summed E-state index contributed by atoms with van der Waals surface area (Å²) in [5.41, 5.74) is 7.25. The number of pyridine rings is 3. The zero-order valence-electron chi connectivity index (χ0n) is 15.2. The Labute approximate surface area is 180 Å². The Balaban J connectivity index is 1.68. The molecule has 28 heavy (non-hydrogen) atoms. The molecule has 0 saturated heterocycles. The van der Waals surface area contributed by atoms with Crippen LogP contribution in [0, 0.1) is 0 Å². The molecule has 0 fully saturated rings. The number of hydrogen-bond acceptors (Lipinski definition) is 7. The van der Waals surface area contributed by atoms with Crippen LogP contribution in [0.5, 0.6) is 0 Å². The standard InChI is InChI=1S/C21H15N3S4/c1-25-20-21(26-2)28-19(27-20)16-12-6-5-11-23-17(12)18-13(16)8-9-15(24-18)14-7-3-4-10-22-14/h3-11H,1-2H3. The van der Waals surface area contributed by atoms with E-state index in [2.05, 4.69) is 40.7 Å². The molecule has 0 unspecified atom stereocenters. The molecular formula is C21H15N3S4. The van der Waals surface area contributed by atoms with Gasteiger partial charge in [-0.15, -0.1) is 23.5 Å². The molecule has 3 aromatic heterocycles. The van der Waals surface area contributed by atoms with Gasteiger partial charge >= 0.3 is 0 Å². The minimum atomic E-state index is 0.877. The van der Waals surface area contributed by atoms with Gasteiger partial charge in [0.1, 0.15) is 0 Å². The van der Waals surface area contributed by atoms with Crippen LogP contribution in [0.15, 0.2) is 67.6 Å². The molecule has 0 bridgehead atoms. The first-order valence-corrected chi connectivity index (χ1v) is 12.7. The van der Waals surface area contributed by atoms with Crippen molar-refractivity contribution in [2.45, 2.75) is 0 Å². The Kier molecular flexibility index (Phi) is 5.00. The Morgan fingerprint density at radius 2 is 1.46 bits per heavy atom. The maximum absolute atomic E-state index is 4.96. The minimum Gasteiger partial charge on any atom is -0.255 e. The molecule has 0 spiro atoms. The van der Waals surface area contributed by atoms with E-state index < -0.39 is 0 Å². The summed E-state index contributed by atoms with van der Waals surface area (Å²) in [5, 5.41) is 0. The maximum atomic E-state index is 4.96. The molecule has 3 nitrogen and oxygen atoms in total. The van der Waals surface area contributed by atoms with Crippen molar-refractivity contribution < 1.29 is 0 Å². The average molecular weight is 438 g/mol. The third kappa shape index (κ3) is 3.01. The number of fused-ring (bicyclic) bond motifs is 3. The highest BCUT2D eigenvalue weighted by molar-refractivity contribution is 8.40. The molecule has 3 aromatic rings. The summed E-state index contributed by atoms with van der Waals surface area (Å²) in [7, 11) is 0. The Hall–Kier alpha value is -1.67. The third-order valence-corrected chi connectivity index (χ3v) is 9.73. The summed E-state index contributed by atoms with van der Waals surface area (Å²) < 4.78 is 4.06. The van der Waals surface area contributed by atoms with Crippen LogP contribution in [-0.4, -0.2) is 27.5 Å². The fraction of sp³-hybridized carbons (Fsp3) is 0.0952. The van der Waals surface area contributed by atoms with Crippen molar-refractivity contribution >= 4 is 52.6 Å². The van der Waals surface area contributed by atoms with E-state index in [1.54, 1.807) is 6.20 Å². The molecule has 0 N–H and O–H groups in total. The van der Waals surface area contributed by atoms with Crippen LogP contribution in [0.25, 0.3) is 28.3 Å². The second-order valence-electron chi connectivity index (χ2n) is 6.06. The van der Waals surface area contributed by atoms with E-state index in [1.165, 1.54) is 23.8 Å². The van der Waals surface area contributed by atoms with E-state index in [9.17, 15) is 0 Å². The van der Waals surface area contributed by atoms with Crippen molar-refractivity contribution in [3.05, 3.63) is 78.7 Å². The van der Waals surface area contributed by atoms with Gasteiger partial charge in [0.05, 0.1) is 35.5 Å². The molecule has 7 heteroatoms. The zero-order valence-corrected chi connectivity index (χ0v) is 18.4. The molecular weight excluding hydrogens is 423 g/mol. The molecule has 5 rings (SSSR count). The summed E-state index contributed by atoms with van der Waals surface area (Å²) in [6.45, 7) is 0. The lowest BCUT2D eigenvalue weighted by molar-refractivity contribution is 1.22. The number of nitrogens with zero attached hydrogens (tertiary/aromatic N) is 3. The maximum Gasteiger partial charge on any atom is 0.0979 e. The van der Waals surface area contributed by atoms with E-state index in [4.69, 9.17) is 4.98 Å². The summed E-state index contributed by atoms with van der Waals surface area (Å²) in [5.74, 6) is 0. The molecule has 1 aliphatic carbocycles. The van der Waals surface area contributed by atoms with Crippen molar-refractivity contribution in [2.24, 2.45) is 0 Å². The van der Waals surface area contributed by atoms with Crippen LogP contribution in [0.3, 0.4) is 0 Å². The van der Waals surface area contributed by atoms with Gasteiger partial charge in [0.25, 0.3) is 0 Å². The van der Waals surface area contributed by atoms with Crippen LogP contribution in [-0.2, 0) is 0 Å². The monoisotopic (exact) mass is 437 g/mol. The Morgan fingerprint density at radius 1 is 0.714 bits per heavy atom. The molecule has 0 saturated carbocycles. The van der Waals surface area contributed by atoms with Gasteiger partial charge in [-0.1, -0.05) is 35.7 Å². The van der Waals surface area contributed by atoms with E-state index in [-0.39, 0.29) is 0 Å². The molecule has 0 aromatic carbocycles. The first-order chi connectivity index (χ1) is 13.8. The van der Waals surface area contributed by atoms with Crippen molar-refractivity contribution in [3.8, 4) is 22.8 Å². The quantitative estimate of drug-likeness (QED) is 0.359. The summed E-state index contributed by atoms with van der Waals surface area (Å²) in [4.78, 5) is 14.1. The predicted molar refractivity (Wildman–Crippen MR) is 126 cm³/mol. The highest BCUT2D eigenvalue weighted by Gasteiger charge is 2.32. The second-order valence-corrected chi connectivity index (χ2v) is 10.5. The van der Waals surface area contributed by atoms with Crippen LogP contribution >= 0.6 is 47.0 Å². The third-order valence-electron chi connectivity index (χ3n) is 4.51. The lowest BCUT2D eigenvalue weighted by atomic mass is 10.1. The average Bonchev–Trinajstić information content (AvgIpc) is 3.32. The fourth-order valence-corrected chi connectivity index (χ4v) is 8.41. The predicted octanol–water partition coefficient (Wildman–Crippen LogP) is 6.57. The topological polar surface area (TPSA) is 38.7 Å². The number of hydrogen-bond donors (Lipinski definition) is 0. The Bertz CT molecular complexity index is 1120. The zero-order chi connectivity index (χ0) is 19.1. The lowest BCUT2D eigenvalue weighted by Crippen LogP contribution is -1.91. The summed E-state index contributed by atoms with van der Waals surface area (Å²) in [6, 6.07) is 14.3. The van der Waals surface area contributed by atoms with E-state index >= 15 is 0 Å². The van der Waals surface area contributed by atoms with Crippen LogP contribution < -0.4 is 0 Å². The van der Waals surface area contributed by atoms with Gasteiger partial charge in [-0.25, -0.2) is 4.98 Å². The first kappa shape index (κ1) is 18.4. The van der Waals surface area contributed by atoms with Gasteiger partial charge in [0.2, 0.25) is 0 Å². The first-order valence-electron chi connectivity index (χ1n) is 8.61. The molecule has 4 heterocycles. The van der Waals surface area contributed by atoms with Gasteiger partial charge in [0, 0.05) is 29.1 Å². The van der Waals surface area contributed by atoms with Crippen molar-refractivity contribution in [3.63, 3.8) is 0 Å².